The van der Waals surface area contributed by atoms with Crippen molar-refractivity contribution in [1.29, 1.82) is 5.26 Å². The fourth-order valence-corrected chi connectivity index (χ4v) is 3.69. The van der Waals surface area contributed by atoms with E-state index < -0.39 is 21.8 Å². The smallest absolute Gasteiger partial charge is 0.321 e. The number of aliphatic carboxylic acids is 1. The van der Waals surface area contributed by atoms with Gasteiger partial charge in [-0.2, -0.15) is 5.26 Å². The zero-order valence-electron chi connectivity index (χ0n) is 10.7. The topological polar surface area (TPSA) is 98.5 Å². The number of carboxylic acids is 1. The molecule has 1 N–H and O–H groups in total. The van der Waals surface area contributed by atoms with Crippen LogP contribution < -0.4 is 0 Å². The lowest BCUT2D eigenvalue weighted by Gasteiger charge is -2.32. The first kappa shape index (κ1) is 14.5. The van der Waals surface area contributed by atoms with Gasteiger partial charge in [0.25, 0.3) is 0 Å². The van der Waals surface area contributed by atoms with Crippen LogP contribution in [0.1, 0.15) is 11.1 Å². The molecule has 1 aromatic rings. The van der Waals surface area contributed by atoms with Crippen LogP contribution in [0.4, 0.5) is 0 Å². The molecule has 2 rings (SSSR count). The van der Waals surface area contributed by atoms with Crippen molar-refractivity contribution in [2.45, 2.75) is 12.6 Å². The molecule has 7 heteroatoms. The second-order valence-electron chi connectivity index (χ2n) is 4.75. The standard InChI is InChI=1S/C13H14N2O4S/c14-7-10-1-3-11(4-2-10)8-15-5-6-20(18,19)9-12(15)13(16)17/h1-4,12H,5-6,8-9H2,(H,16,17). The fraction of sp³-hybridized carbons (Fsp3) is 0.385. The summed E-state index contributed by atoms with van der Waals surface area (Å²) in [5, 5.41) is 17.9. The van der Waals surface area contributed by atoms with Crippen LogP contribution in [-0.4, -0.2) is 48.5 Å². The van der Waals surface area contributed by atoms with E-state index in [1.165, 1.54) is 0 Å². The Hall–Kier alpha value is -1.91. The summed E-state index contributed by atoms with van der Waals surface area (Å²) in [7, 11) is -3.28. The third-order valence-corrected chi connectivity index (χ3v) is 4.92. The highest BCUT2D eigenvalue weighted by Gasteiger charge is 2.35. The molecule has 0 bridgehead atoms. The first-order valence-electron chi connectivity index (χ1n) is 6.07. The quantitative estimate of drug-likeness (QED) is 0.857. The zero-order chi connectivity index (χ0) is 14.8. The minimum absolute atomic E-state index is 0.0208. The Morgan fingerprint density at radius 2 is 2.05 bits per heavy atom. The third kappa shape index (κ3) is 3.35. The Morgan fingerprint density at radius 3 is 2.60 bits per heavy atom. The van der Waals surface area contributed by atoms with Gasteiger partial charge in [-0.15, -0.1) is 0 Å². The molecular formula is C13H14N2O4S. The fourth-order valence-electron chi connectivity index (χ4n) is 2.18. The van der Waals surface area contributed by atoms with Crippen LogP contribution in [0.3, 0.4) is 0 Å². The molecule has 1 heterocycles. The molecular weight excluding hydrogens is 280 g/mol. The van der Waals surface area contributed by atoms with Gasteiger partial charge in [0.2, 0.25) is 0 Å². The Kier molecular flexibility index (Phi) is 4.06. The minimum atomic E-state index is -3.28. The van der Waals surface area contributed by atoms with E-state index in [1.54, 1.807) is 29.2 Å². The molecule has 1 saturated heterocycles. The van der Waals surface area contributed by atoms with Gasteiger partial charge in [0, 0.05) is 13.1 Å². The number of nitriles is 1. The van der Waals surface area contributed by atoms with Crippen molar-refractivity contribution in [2.75, 3.05) is 18.1 Å². The first-order valence-corrected chi connectivity index (χ1v) is 7.90. The molecule has 0 radical (unpaired) electrons. The van der Waals surface area contributed by atoms with Gasteiger partial charge < -0.3 is 5.11 Å². The minimum Gasteiger partial charge on any atom is -0.480 e. The number of nitrogens with zero attached hydrogens (tertiary/aromatic N) is 2. The number of benzene rings is 1. The molecule has 1 unspecified atom stereocenters. The summed E-state index contributed by atoms with van der Waals surface area (Å²) in [4.78, 5) is 12.8. The van der Waals surface area contributed by atoms with Crippen LogP contribution >= 0.6 is 0 Å². The van der Waals surface area contributed by atoms with Crippen molar-refractivity contribution in [1.82, 2.24) is 4.90 Å². The maximum Gasteiger partial charge on any atom is 0.321 e. The van der Waals surface area contributed by atoms with E-state index in [2.05, 4.69) is 0 Å². The number of rotatable bonds is 3. The summed E-state index contributed by atoms with van der Waals surface area (Å²) in [5.41, 5.74) is 1.39. The van der Waals surface area contributed by atoms with Gasteiger partial charge in [-0.05, 0) is 17.7 Å². The lowest BCUT2D eigenvalue weighted by molar-refractivity contribution is -0.142. The molecule has 0 saturated carbocycles. The van der Waals surface area contributed by atoms with Crippen molar-refractivity contribution in [3.05, 3.63) is 35.4 Å². The second kappa shape index (κ2) is 5.61. The summed E-state index contributed by atoms with van der Waals surface area (Å²) in [6, 6.07) is 7.82. The Labute approximate surface area is 117 Å². The van der Waals surface area contributed by atoms with E-state index >= 15 is 0 Å². The average Bonchev–Trinajstić information content (AvgIpc) is 2.41. The van der Waals surface area contributed by atoms with Crippen LogP contribution in [0.15, 0.2) is 24.3 Å². The predicted octanol–water partition coefficient (Wildman–Crippen LogP) is 0.242. The maximum absolute atomic E-state index is 11.5. The first-order chi connectivity index (χ1) is 9.41. The van der Waals surface area contributed by atoms with Gasteiger partial charge in [-0.25, -0.2) is 8.42 Å². The molecule has 1 fully saturated rings. The second-order valence-corrected chi connectivity index (χ2v) is 6.98. The summed E-state index contributed by atoms with van der Waals surface area (Å²) < 4.78 is 23.0. The van der Waals surface area contributed by atoms with E-state index in [1.807, 2.05) is 6.07 Å². The molecule has 0 aromatic heterocycles. The average molecular weight is 294 g/mol. The molecule has 106 valence electrons. The predicted molar refractivity (Wildman–Crippen MR) is 71.6 cm³/mol. The third-order valence-electron chi connectivity index (χ3n) is 3.30. The summed E-state index contributed by atoms with van der Waals surface area (Å²) in [5.74, 6) is -1.49. The normalized spacial score (nSPS) is 22.1. The summed E-state index contributed by atoms with van der Waals surface area (Å²) >= 11 is 0. The van der Waals surface area contributed by atoms with Crippen molar-refractivity contribution in [2.24, 2.45) is 0 Å². The van der Waals surface area contributed by atoms with Crippen molar-refractivity contribution in [3.8, 4) is 6.07 Å². The highest BCUT2D eigenvalue weighted by Crippen LogP contribution is 2.16. The number of sulfone groups is 1. The van der Waals surface area contributed by atoms with Crippen molar-refractivity contribution >= 4 is 15.8 Å². The number of hydrogen-bond donors (Lipinski definition) is 1. The van der Waals surface area contributed by atoms with Gasteiger partial charge in [-0.1, -0.05) is 12.1 Å². The van der Waals surface area contributed by atoms with Crippen LogP contribution in [0.25, 0.3) is 0 Å². The van der Waals surface area contributed by atoms with Crippen LogP contribution in [-0.2, 0) is 21.2 Å². The lowest BCUT2D eigenvalue weighted by Crippen LogP contribution is -2.51. The Balaban J connectivity index is 2.14. The van der Waals surface area contributed by atoms with Crippen molar-refractivity contribution < 1.29 is 18.3 Å². The van der Waals surface area contributed by atoms with Gasteiger partial charge in [0.15, 0.2) is 9.84 Å². The Morgan fingerprint density at radius 1 is 1.40 bits per heavy atom. The molecule has 1 aliphatic rings. The summed E-state index contributed by atoms with van der Waals surface area (Å²) in [6.07, 6.45) is 0. The lowest BCUT2D eigenvalue weighted by atomic mass is 10.1. The molecule has 6 nitrogen and oxygen atoms in total. The van der Waals surface area contributed by atoms with Gasteiger partial charge >= 0.3 is 5.97 Å². The van der Waals surface area contributed by atoms with E-state index in [0.29, 0.717) is 12.1 Å². The maximum atomic E-state index is 11.5. The number of carbonyl (C=O) groups is 1. The molecule has 0 spiro atoms. The van der Waals surface area contributed by atoms with Crippen LogP contribution in [0.5, 0.6) is 0 Å². The van der Waals surface area contributed by atoms with Crippen LogP contribution in [0.2, 0.25) is 0 Å². The molecule has 0 aliphatic carbocycles. The highest BCUT2D eigenvalue weighted by molar-refractivity contribution is 7.91. The van der Waals surface area contributed by atoms with Gasteiger partial charge in [0.05, 0.1) is 23.1 Å². The van der Waals surface area contributed by atoms with Gasteiger partial charge in [-0.3, -0.25) is 9.69 Å². The van der Waals surface area contributed by atoms with E-state index in [4.69, 9.17) is 10.4 Å². The van der Waals surface area contributed by atoms with Crippen molar-refractivity contribution in [3.63, 3.8) is 0 Å². The summed E-state index contributed by atoms with van der Waals surface area (Å²) in [6.45, 7) is 0.567. The molecule has 1 aliphatic heterocycles. The van der Waals surface area contributed by atoms with Crippen LogP contribution in [0, 0.1) is 11.3 Å². The van der Waals surface area contributed by atoms with E-state index in [-0.39, 0.29) is 18.1 Å². The Bertz CT molecular complexity index is 646. The number of carboxylic acid groups (broad SMARTS) is 1. The molecule has 20 heavy (non-hydrogen) atoms. The molecule has 1 aromatic carbocycles. The van der Waals surface area contributed by atoms with E-state index in [0.717, 1.165) is 5.56 Å². The molecule has 0 amide bonds. The number of hydrogen-bond acceptors (Lipinski definition) is 5. The van der Waals surface area contributed by atoms with Gasteiger partial charge in [0.1, 0.15) is 6.04 Å². The largest absolute Gasteiger partial charge is 0.480 e. The monoisotopic (exact) mass is 294 g/mol. The molecule has 1 atom stereocenters. The highest BCUT2D eigenvalue weighted by atomic mass is 32.2. The zero-order valence-corrected chi connectivity index (χ0v) is 11.5. The SMILES string of the molecule is N#Cc1ccc(CN2CCS(=O)(=O)CC2C(=O)O)cc1. The van der Waals surface area contributed by atoms with E-state index in [9.17, 15) is 13.2 Å².